The molecule has 0 rings (SSSR count). The molecule has 0 heterocycles. The SMILES string of the molecule is C=O.CC(=O)CC(C)C. The van der Waals surface area contributed by atoms with Gasteiger partial charge >= 0.3 is 0 Å². The van der Waals surface area contributed by atoms with Crippen molar-refractivity contribution in [1.82, 2.24) is 0 Å². The molecule has 0 N–H and O–H groups in total. The van der Waals surface area contributed by atoms with E-state index in [2.05, 4.69) is 0 Å². The van der Waals surface area contributed by atoms with Gasteiger partial charge in [0.15, 0.2) is 0 Å². The van der Waals surface area contributed by atoms with Crippen molar-refractivity contribution < 1.29 is 9.59 Å². The highest BCUT2D eigenvalue weighted by molar-refractivity contribution is 5.75. The van der Waals surface area contributed by atoms with E-state index in [1.165, 1.54) is 0 Å². The zero-order valence-corrected chi connectivity index (χ0v) is 6.31. The highest BCUT2D eigenvalue weighted by atomic mass is 16.1. The summed E-state index contributed by atoms with van der Waals surface area (Å²) in [7, 11) is 0. The van der Waals surface area contributed by atoms with E-state index in [9.17, 15) is 4.79 Å². The maximum absolute atomic E-state index is 10.3. The molecule has 0 aromatic rings. The molecule has 2 nitrogen and oxygen atoms in total. The van der Waals surface area contributed by atoms with Crippen LogP contribution in [0.15, 0.2) is 0 Å². The fourth-order valence-electron chi connectivity index (χ4n) is 0.575. The highest BCUT2D eigenvalue weighted by Crippen LogP contribution is 1.97. The van der Waals surface area contributed by atoms with Crippen LogP contribution in [0.3, 0.4) is 0 Å². The fraction of sp³-hybridized carbons (Fsp3) is 0.714. The lowest BCUT2D eigenvalue weighted by molar-refractivity contribution is -0.117. The normalized spacial score (nSPS) is 8.00. The topological polar surface area (TPSA) is 34.1 Å². The second-order valence-electron chi connectivity index (χ2n) is 2.30. The number of hydrogen-bond donors (Lipinski definition) is 0. The fourth-order valence-corrected chi connectivity index (χ4v) is 0.575. The van der Waals surface area contributed by atoms with Crippen LogP contribution >= 0.6 is 0 Å². The van der Waals surface area contributed by atoms with Gasteiger partial charge in [0.25, 0.3) is 0 Å². The lowest BCUT2D eigenvalue weighted by Crippen LogP contribution is -1.95. The maximum atomic E-state index is 10.3. The number of rotatable bonds is 2. The Morgan fingerprint density at radius 2 is 1.78 bits per heavy atom. The molecular formula is C7H14O2. The van der Waals surface area contributed by atoms with Crippen molar-refractivity contribution in [2.75, 3.05) is 0 Å². The van der Waals surface area contributed by atoms with Crippen LogP contribution in [-0.2, 0) is 9.59 Å². The van der Waals surface area contributed by atoms with Gasteiger partial charge in [0.1, 0.15) is 12.6 Å². The number of carbonyl (C=O) groups excluding carboxylic acids is 2. The summed E-state index contributed by atoms with van der Waals surface area (Å²) in [5.74, 6) is 0.813. The molecule has 0 spiro atoms. The molecule has 0 radical (unpaired) electrons. The summed E-state index contributed by atoms with van der Waals surface area (Å²) in [6, 6.07) is 0. The van der Waals surface area contributed by atoms with Gasteiger partial charge in [-0.15, -0.1) is 0 Å². The van der Waals surface area contributed by atoms with Crippen molar-refractivity contribution in [2.45, 2.75) is 27.2 Å². The molecule has 0 bridgehead atoms. The lowest BCUT2D eigenvalue weighted by atomic mass is 10.1. The van der Waals surface area contributed by atoms with Crippen LogP contribution in [-0.4, -0.2) is 12.6 Å². The van der Waals surface area contributed by atoms with Crippen molar-refractivity contribution >= 4 is 12.6 Å². The van der Waals surface area contributed by atoms with Crippen molar-refractivity contribution in [1.29, 1.82) is 0 Å². The molecule has 0 saturated heterocycles. The van der Waals surface area contributed by atoms with Gasteiger partial charge in [0.05, 0.1) is 0 Å². The predicted octanol–water partition coefficient (Wildman–Crippen LogP) is 1.44. The Balaban J connectivity index is 0. The molecule has 0 aliphatic carbocycles. The molecule has 0 aromatic heterocycles. The summed E-state index contributed by atoms with van der Waals surface area (Å²) in [6.07, 6.45) is 0.722. The van der Waals surface area contributed by atoms with Crippen LogP contribution in [0.25, 0.3) is 0 Å². The van der Waals surface area contributed by atoms with E-state index >= 15 is 0 Å². The molecule has 0 fully saturated rings. The van der Waals surface area contributed by atoms with E-state index in [0.717, 1.165) is 6.42 Å². The van der Waals surface area contributed by atoms with E-state index in [4.69, 9.17) is 4.79 Å². The van der Waals surface area contributed by atoms with E-state index in [0.29, 0.717) is 5.92 Å². The molecule has 0 unspecified atom stereocenters. The van der Waals surface area contributed by atoms with Gasteiger partial charge in [0, 0.05) is 6.42 Å². The molecule has 2 heteroatoms. The zero-order chi connectivity index (χ0) is 7.86. The second-order valence-corrected chi connectivity index (χ2v) is 2.30. The Morgan fingerprint density at radius 3 is 1.78 bits per heavy atom. The number of ketones is 1. The Kier molecular flexibility index (Phi) is 9.12. The lowest BCUT2D eigenvalue weighted by Gasteiger charge is -1.95. The molecule has 9 heavy (non-hydrogen) atoms. The quantitative estimate of drug-likeness (QED) is 0.566. The van der Waals surface area contributed by atoms with E-state index in [-0.39, 0.29) is 5.78 Å². The summed E-state index contributed by atoms with van der Waals surface area (Å²) >= 11 is 0. The van der Waals surface area contributed by atoms with Gasteiger partial charge in [-0.1, -0.05) is 13.8 Å². The number of hydrogen-bond acceptors (Lipinski definition) is 2. The smallest absolute Gasteiger partial charge is 0.130 e. The molecule has 0 aliphatic rings. The summed E-state index contributed by atoms with van der Waals surface area (Å²) in [6.45, 7) is 7.71. The standard InChI is InChI=1S/C6H12O.CH2O/c1-5(2)4-6(3)7;1-2/h5H,4H2,1-3H3;1H2. The minimum atomic E-state index is 0.287. The highest BCUT2D eigenvalue weighted by Gasteiger charge is 1.95. The van der Waals surface area contributed by atoms with E-state index in [1.54, 1.807) is 6.92 Å². The van der Waals surface area contributed by atoms with Crippen LogP contribution in [0.5, 0.6) is 0 Å². The Bertz CT molecular complexity index is 77.0. The molecule has 54 valence electrons. The Labute approximate surface area is 56.3 Å². The van der Waals surface area contributed by atoms with Gasteiger partial charge < -0.3 is 9.59 Å². The third-order valence-electron chi connectivity index (χ3n) is 0.696. The van der Waals surface area contributed by atoms with Crippen LogP contribution in [0.1, 0.15) is 27.2 Å². The second kappa shape index (κ2) is 7.34. The first kappa shape index (κ1) is 11.2. The molecule has 0 amide bonds. The summed E-state index contributed by atoms with van der Waals surface area (Å²) in [5.41, 5.74) is 0. The van der Waals surface area contributed by atoms with Crippen molar-refractivity contribution in [3.63, 3.8) is 0 Å². The predicted molar refractivity (Wildman–Crippen MR) is 37.3 cm³/mol. The number of carbonyl (C=O) groups is 2. The summed E-state index contributed by atoms with van der Waals surface area (Å²) in [5, 5.41) is 0. The Morgan fingerprint density at radius 1 is 1.44 bits per heavy atom. The van der Waals surface area contributed by atoms with Crippen molar-refractivity contribution in [2.24, 2.45) is 5.92 Å². The summed E-state index contributed by atoms with van der Waals surface area (Å²) in [4.78, 5) is 18.3. The zero-order valence-electron chi connectivity index (χ0n) is 6.31. The first-order valence-electron chi connectivity index (χ1n) is 2.91. The van der Waals surface area contributed by atoms with Gasteiger partial charge in [-0.2, -0.15) is 0 Å². The van der Waals surface area contributed by atoms with Crippen LogP contribution < -0.4 is 0 Å². The van der Waals surface area contributed by atoms with Crippen LogP contribution in [0.2, 0.25) is 0 Å². The van der Waals surface area contributed by atoms with Gasteiger partial charge in [-0.05, 0) is 12.8 Å². The molecule has 0 atom stereocenters. The molecule has 0 saturated carbocycles. The largest absolute Gasteiger partial charge is 0.307 e. The number of Topliss-reactive ketones (excluding diaryl/α,β-unsaturated/α-hetero) is 1. The molecule has 0 aliphatic heterocycles. The average Bonchev–Trinajstić information content (AvgIpc) is 1.68. The average molecular weight is 130 g/mol. The third kappa shape index (κ3) is 18.8. The minimum Gasteiger partial charge on any atom is -0.307 e. The van der Waals surface area contributed by atoms with Crippen molar-refractivity contribution in [3.05, 3.63) is 0 Å². The van der Waals surface area contributed by atoms with E-state index < -0.39 is 0 Å². The molecular weight excluding hydrogens is 116 g/mol. The van der Waals surface area contributed by atoms with Crippen molar-refractivity contribution in [3.8, 4) is 0 Å². The first-order valence-corrected chi connectivity index (χ1v) is 2.91. The Hall–Kier alpha value is -0.660. The monoisotopic (exact) mass is 130 g/mol. The van der Waals surface area contributed by atoms with Gasteiger partial charge in [-0.25, -0.2) is 0 Å². The summed E-state index contributed by atoms with van der Waals surface area (Å²) < 4.78 is 0. The van der Waals surface area contributed by atoms with E-state index in [1.807, 2.05) is 20.6 Å². The maximum Gasteiger partial charge on any atom is 0.130 e. The van der Waals surface area contributed by atoms with Gasteiger partial charge in [0.2, 0.25) is 0 Å². The third-order valence-corrected chi connectivity index (χ3v) is 0.696. The van der Waals surface area contributed by atoms with Crippen LogP contribution in [0, 0.1) is 5.92 Å². The van der Waals surface area contributed by atoms with Crippen LogP contribution in [0.4, 0.5) is 0 Å². The van der Waals surface area contributed by atoms with Gasteiger partial charge in [-0.3, -0.25) is 0 Å². The molecule has 0 aromatic carbocycles. The minimum absolute atomic E-state index is 0.287. The first-order chi connectivity index (χ1) is 4.13.